The van der Waals surface area contributed by atoms with Crippen molar-refractivity contribution >= 4 is 17.3 Å². The number of nitrogens with zero attached hydrogens (tertiary/aromatic N) is 2. The zero-order valence-electron chi connectivity index (χ0n) is 13.4. The van der Waals surface area contributed by atoms with Gasteiger partial charge < -0.3 is 4.90 Å². The number of halogens is 2. The Hall–Kier alpha value is -1.58. The van der Waals surface area contributed by atoms with Crippen LogP contribution in [0.1, 0.15) is 24.1 Å². The molecule has 1 saturated heterocycles. The molecule has 1 aliphatic heterocycles. The average molecular weight is 333 g/mol. The monoisotopic (exact) mass is 332 g/mol. The summed E-state index contributed by atoms with van der Waals surface area (Å²) in [6.07, 6.45) is 0. The van der Waals surface area contributed by atoms with E-state index in [4.69, 9.17) is 11.6 Å². The Morgan fingerprint density at radius 1 is 0.957 bits per heavy atom. The molecule has 0 saturated carbocycles. The van der Waals surface area contributed by atoms with E-state index in [2.05, 4.69) is 41.0 Å². The lowest BCUT2D eigenvalue weighted by molar-refractivity contribution is 0.198. The van der Waals surface area contributed by atoms with Gasteiger partial charge in [0, 0.05) is 43.8 Å². The van der Waals surface area contributed by atoms with Crippen LogP contribution in [0.5, 0.6) is 0 Å². The topological polar surface area (TPSA) is 6.48 Å². The number of rotatable bonds is 4. The lowest BCUT2D eigenvalue weighted by Gasteiger charge is -2.39. The molecule has 122 valence electrons. The summed E-state index contributed by atoms with van der Waals surface area (Å²) >= 11 is 5.85. The fourth-order valence-corrected chi connectivity index (χ4v) is 3.29. The first-order valence-electron chi connectivity index (χ1n) is 8.07. The molecule has 1 fully saturated rings. The van der Waals surface area contributed by atoms with Crippen molar-refractivity contribution < 1.29 is 4.39 Å². The molecule has 0 aromatic heterocycles. The molecule has 1 atom stereocenters. The maximum absolute atomic E-state index is 13.0. The molecule has 0 radical (unpaired) electrons. The number of alkyl halides is 1. The molecule has 0 N–H and O–H groups in total. The van der Waals surface area contributed by atoms with Gasteiger partial charge in [-0.2, -0.15) is 0 Å². The summed E-state index contributed by atoms with van der Waals surface area (Å²) in [5.41, 5.74) is 3.59. The van der Waals surface area contributed by atoms with Crippen LogP contribution in [-0.2, 0) is 5.88 Å². The highest BCUT2D eigenvalue weighted by Crippen LogP contribution is 2.24. The van der Waals surface area contributed by atoms with E-state index in [1.807, 2.05) is 12.1 Å². The maximum Gasteiger partial charge on any atom is 0.123 e. The molecule has 1 heterocycles. The van der Waals surface area contributed by atoms with Crippen LogP contribution in [0.4, 0.5) is 10.1 Å². The van der Waals surface area contributed by atoms with Gasteiger partial charge in [-0.3, -0.25) is 4.90 Å². The Morgan fingerprint density at radius 3 is 2.13 bits per heavy atom. The van der Waals surface area contributed by atoms with Crippen LogP contribution in [0.15, 0.2) is 48.5 Å². The van der Waals surface area contributed by atoms with Crippen LogP contribution in [-0.4, -0.2) is 31.1 Å². The van der Waals surface area contributed by atoms with Gasteiger partial charge in [-0.25, -0.2) is 4.39 Å². The minimum absolute atomic E-state index is 0.179. The Morgan fingerprint density at radius 2 is 1.57 bits per heavy atom. The standard InChI is InChI=1S/C19H22ClFN2/c1-15(17-4-2-16(14-20)3-5-17)22-10-12-23(13-11-22)19-8-6-18(21)7-9-19/h2-9,15H,10-14H2,1H3/t15-/m1/s1. The van der Waals surface area contributed by atoms with Crippen molar-refractivity contribution in [2.24, 2.45) is 0 Å². The van der Waals surface area contributed by atoms with E-state index in [1.54, 1.807) is 0 Å². The molecule has 23 heavy (non-hydrogen) atoms. The van der Waals surface area contributed by atoms with Gasteiger partial charge in [-0.05, 0) is 42.3 Å². The van der Waals surface area contributed by atoms with Crippen LogP contribution >= 0.6 is 11.6 Å². The first-order valence-corrected chi connectivity index (χ1v) is 8.60. The summed E-state index contributed by atoms with van der Waals surface area (Å²) in [6, 6.07) is 15.7. The Labute approximate surface area is 142 Å². The second kappa shape index (κ2) is 7.33. The summed E-state index contributed by atoms with van der Waals surface area (Å²) < 4.78 is 13.0. The van der Waals surface area contributed by atoms with Gasteiger partial charge in [0.1, 0.15) is 5.82 Å². The Balaban J connectivity index is 1.60. The van der Waals surface area contributed by atoms with Crippen molar-refractivity contribution in [3.63, 3.8) is 0 Å². The highest BCUT2D eigenvalue weighted by atomic mass is 35.5. The van der Waals surface area contributed by atoms with Gasteiger partial charge in [0.05, 0.1) is 0 Å². The molecule has 1 aliphatic rings. The molecule has 0 unspecified atom stereocenters. The van der Waals surface area contributed by atoms with Crippen molar-refractivity contribution in [2.45, 2.75) is 18.8 Å². The highest BCUT2D eigenvalue weighted by molar-refractivity contribution is 6.17. The van der Waals surface area contributed by atoms with Crippen LogP contribution in [0.25, 0.3) is 0 Å². The lowest BCUT2D eigenvalue weighted by atomic mass is 10.0. The fraction of sp³-hybridized carbons (Fsp3) is 0.368. The average Bonchev–Trinajstić information content (AvgIpc) is 2.62. The van der Waals surface area contributed by atoms with Gasteiger partial charge in [0.25, 0.3) is 0 Å². The first kappa shape index (κ1) is 16.3. The van der Waals surface area contributed by atoms with E-state index >= 15 is 0 Å². The third-order valence-electron chi connectivity index (χ3n) is 4.67. The molecule has 4 heteroatoms. The van der Waals surface area contributed by atoms with E-state index in [-0.39, 0.29) is 5.82 Å². The minimum atomic E-state index is -0.179. The Bertz CT molecular complexity index is 619. The summed E-state index contributed by atoms with van der Waals surface area (Å²) in [6.45, 7) is 6.21. The van der Waals surface area contributed by atoms with E-state index in [0.717, 1.165) is 37.4 Å². The van der Waals surface area contributed by atoms with Gasteiger partial charge in [0.2, 0.25) is 0 Å². The van der Waals surface area contributed by atoms with E-state index in [0.29, 0.717) is 11.9 Å². The van der Waals surface area contributed by atoms with E-state index in [1.165, 1.54) is 17.7 Å². The number of hydrogen-bond donors (Lipinski definition) is 0. The molecule has 3 rings (SSSR count). The summed E-state index contributed by atoms with van der Waals surface area (Å²) in [7, 11) is 0. The predicted octanol–water partition coefficient (Wildman–Crippen LogP) is 4.45. The van der Waals surface area contributed by atoms with Crippen molar-refractivity contribution in [2.75, 3.05) is 31.1 Å². The van der Waals surface area contributed by atoms with Crippen LogP contribution in [0.3, 0.4) is 0 Å². The van der Waals surface area contributed by atoms with Crippen LogP contribution < -0.4 is 4.90 Å². The molecule has 0 aliphatic carbocycles. The zero-order valence-corrected chi connectivity index (χ0v) is 14.1. The molecule has 0 bridgehead atoms. The predicted molar refractivity (Wildman–Crippen MR) is 94.6 cm³/mol. The van der Waals surface area contributed by atoms with Crippen molar-refractivity contribution in [1.82, 2.24) is 4.90 Å². The SMILES string of the molecule is C[C@H](c1ccc(CCl)cc1)N1CCN(c2ccc(F)cc2)CC1. The molecular formula is C19H22ClFN2. The van der Waals surface area contributed by atoms with Gasteiger partial charge in [-0.15, -0.1) is 11.6 Å². The molecular weight excluding hydrogens is 311 g/mol. The number of hydrogen-bond acceptors (Lipinski definition) is 2. The third-order valence-corrected chi connectivity index (χ3v) is 4.98. The third kappa shape index (κ3) is 3.85. The first-order chi connectivity index (χ1) is 11.2. The Kier molecular flexibility index (Phi) is 5.19. The van der Waals surface area contributed by atoms with Crippen LogP contribution in [0, 0.1) is 5.82 Å². The highest BCUT2D eigenvalue weighted by Gasteiger charge is 2.22. The zero-order chi connectivity index (χ0) is 16.2. The summed E-state index contributed by atoms with van der Waals surface area (Å²) in [5.74, 6) is 0.381. The number of anilines is 1. The lowest BCUT2D eigenvalue weighted by Crippen LogP contribution is -2.47. The second-order valence-corrected chi connectivity index (χ2v) is 6.32. The normalized spacial score (nSPS) is 17.3. The van der Waals surface area contributed by atoms with Gasteiger partial charge in [-0.1, -0.05) is 24.3 Å². The van der Waals surface area contributed by atoms with E-state index in [9.17, 15) is 4.39 Å². The number of piperazine rings is 1. The fourth-order valence-electron chi connectivity index (χ4n) is 3.12. The second-order valence-electron chi connectivity index (χ2n) is 6.05. The quantitative estimate of drug-likeness (QED) is 0.763. The minimum Gasteiger partial charge on any atom is -0.369 e. The van der Waals surface area contributed by atoms with Crippen molar-refractivity contribution in [3.05, 3.63) is 65.5 Å². The van der Waals surface area contributed by atoms with E-state index < -0.39 is 0 Å². The summed E-state index contributed by atoms with van der Waals surface area (Å²) in [4.78, 5) is 4.81. The molecule has 2 nitrogen and oxygen atoms in total. The largest absolute Gasteiger partial charge is 0.369 e. The molecule has 0 amide bonds. The summed E-state index contributed by atoms with van der Waals surface area (Å²) in [5, 5.41) is 0. The molecule has 2 aromatic rings. The molecule has 0 spiro atoms. The van der Waals surface area contributed by atoms with Gasteiger partial charge >= 0.3 is 0 Å². The molecule has 2 aromatic carbocycles. The smallest absolute Gasteiger partial charge is 0.123 e. The number of benzene rings is 2. The van der Waals surface area contributed by atoms with Crippen LogP contribution in [0.2, 0.25) is 0 Å². The van der Waals surface area contributed by atoms with Crippen molar-refractivity contribution in [1.29, 1.82) is 0 Å². The van der Waals surface area contributed by atoms with Crippen molar-refractivity contribution in [3.8, 4) is 0 Å². The van der Waals surface area contributed by atoms with Gasteiger partial charge in [0.15, 0.2) is 0 Å². The maximum atomic E-state index is 13.0.